The predicted molar refractivity (Wildman–Crippen MR) is 91.9 cm³/mol. The lowest BCUT2D eigenvalue weighted by molar-refractivity contribution is -0.124. The Morgan fingerprint density at radius 2 is 1.67 bits per heavy atom. The van der Waals surface area contributed by atoms with E-state index in [0.29, 0.717) is 30.4 Å². The topological polar surface area (TPSA) is 60.4 Å². The van der Waals surface area contributed by atoms with Gasteiger partial charge in [-0.2, -0.15) is 0 Å². The molecule has 24 heavy (non-hydrogen) atoms. The maximum atomic E-state index is 12.4. The standard InChI is InChI=1S/C20H24O4/c1-20(2,3)10-9-16-17(21)11-15(12-18(16)22)13-5-7-14(8-6-13)19(23)24-4/h5-9,15H,10-12H2,1-4H3. The van der Waals surface area contributed by atoms with E-state index < -0.39 is 5.97 Å². The first-order valence-corrected chi connectivity index (χ1v) is 8.16. The van der Waals surface area contributed by atoms with Gasteiger partial charge in [0.1, 0.15) is 0 Å². The number of carbonyl (C=O) groups excluding carboxylic acids is 3. The van der Waals surface area contributed by atoms with Crippen molar-refractivity contribution in [1.82, 2.24) is 0 Å². The third kappa shape index (κ3) is 4.40. The van der Waals surface area contributed by atoms with Gasteiger partial charge in [-0.1, -0.05) is 39.0 Å². The maximum absolute atomic E-state index is 12.4. The molecule has 0 aromatic heterocycles. The van der Waals surface area contributed by atoms with E-state index in [1.165, 1.54) is 7.11 Å². The third-order valence-electron chi connectivity index (χ3n) is 4.19. The highest BCUT2D eigenvalue weighted by molar-refractivity contribution is 6.22. The van der Waals surface area contributed by atoms with E-state index in [2.05, 4.69) is 25.5 Å². The lowest BCUT2D eigenvalue weighted by Gasteiger charge is -2.23. The highest BCUT2D eigenvalue weighted by Gasteiger charge is 2.31. The highest BCUT2D eigenvalue weighted by atomic mass is 16.5. The first-order valence-electron chi connectivity index (χ1n) is 8.16. The number of carbonyl (C=O) groups is 3. The number of ketones is 2. The second-order valence-corrected chi connectivity index (χ2v) is 7.45. The molecule has 0 heterocycles. The van der Waals surface area contributed by atoms with Crippen molar-refractivity contribution in [3.63, 3.8) is 0 Å². The summed E-state index contributed by atoms with van der Waals surface area (Å²) in [7, 11) is 1.33. The number of hydrogen-bond donors (Lipinski definition) is 0. The van der Waals surface area contributed by atoms with Gasteiger partial charge in [0.25, 0.3) is 0 Å². The summed E-state index contributed by atoms with van der Waals surface area (Å²) in [6.07, 6.45) is 3.16. The molecule has 2 rings (SSSR count). The van der Waals surface area contributed by atoms with Crippen LogP contribution in [0, 0.1) is 5.41 Å². The Hall–Kier alpha value is -2.23. The van der Waals surface area contributed by atoms with Crippen molar-refractivity contribution in [1.29, 1.82) is 0 Å². The summed E-state index contributed by atoms with van der Waals surface area (Å²) in [5.74, 6) is -0.691. The minimum Gasteiger partial charge on any atom is -0.465 e. The summed E-state index contributed by atoms with van der Waals surface area (Å²) >= 11 is 0. The van der Waals surface area contributed by atoms with Gasteiger partial charge in [0.2, 0.25) is 0 Å². The zero-order chi connectivity index (χ0) is 17.9. The summed E-state index contributed by atoms with van der Waals surface area (Å²) in [6.45, 7) is 6.23. The minimum absolute atomic E-state index is 0.0497. The van der Waals surface area contributed by atoms with E-state index in [9.17, 15) is 14.4 Å². The van der Waals surface area contributed by atoms with Crippen LogP contribution in [0.4, 0.5) is 0 Å². The van der Waals surface area contributed by atoms with Crippen LogP contribution >= 0.6 is 0 Å². The van der Waals surface area contributed by atoms with Gasteiger partial charge in [0, 0.05) is 12.8 Å². The molecular formula is C20H24O4. The molecule has 0 saturated heterocycles. The van der Waals surface area contributed by atoms with E-state index in [0.717, 1.165) is 5.56 Å². The first-order chi connectivity index (χ1) is 11.2. The van der Waals surface area contributed by atoms with Gasteiger partial charge in [-0.15, -0.1) is 0 Å². The Morgan fingerprint density at radius 1 is 1.12 bits per heavy atom. The number of esters is 1. The Kier molecular flexibility index (Phi) is 5.37. The van der Waals surface area contributed by atoms with Crippen molar-refractivity contribution in [2.24, 2.45) is 5.41 Å². The predicted octanol–water partition coefficient (Wildman–Crippen LogP) is 3.85. The molecule has 0 bridgehead atoms. The monoisotopic (exact) mass is 328 g/mol. The molecule has 0 spiro atoms. The van der Waals surface area contributed by atoms with Gasteiger partial charge in [-0.25, -0.2) is 4.79 Å². The number of allylic oxidation sites excluding steroid dienone is 2. The molecule has 1 saturated carbocycles. The molecule has 128 valence electrons. The van der Waals surface area contributed by atoms with Crippen LogP contribution in [0.15, 0.2) is 35.9 Å². The van der Waals surface area contributed by atoms with Crippen LogP contribution in [-0.4, -0.2) is 24.6 Å². The van der Waals surface area contributed by atoms with Crippen LogP contribution < -0.4 is 0 Å². The molecule has 0 unspecified atom stereocenters. The van der Waals surface area contributed by atoms with Gasteiger partial charge in [-0.05, 0) is 35.4 Å². The van der Waals surface area contributed by atoms with Crippen LogP contribution in [-0.2, 0) is 14.3 Å². The van der Waals surface area contributed by atoms with Crippen molar-refractivity contribution in [3.05, 3.63) is 47.0 Å². The fourth-order valence-corrected chi connectivity index (χ4v) is 2.78. The smallest absolute Gasteiger partial charge is 0.337 e. The number of ether oxygens (including phenoxy) is 1. The molecule has 1 aliphatic carbocycles. The van der Waals surface area contributed by atoms with Crippen LogP contribution in [0.25, 0.3) is 0 Å². The highest BCUT2D eigenvalue weighted by Crippen LogP contribution is 2.32. The number of rotatable bonds is 3. The molecule has 0 amide bonds. The second kappa shape index (κ2) is 7.12. The molecule has 1 fully saturated rings. The summed E-state index contributed by atoms with van der Waals surface area (Å²) in [4.78, 5) is 36.2. The molecule has 0 radical (unpaired) electrons. The lowest BCUT2D eigenvalue weighted by atomic mass is 9.78. The fraction of sp³-hybridized carbons (Fsp3) is 0.450. The molecule has 0 atom stereocenters. The maximum Gasteiger partial charge on any atom is 0.337 e. The van der Waals surface area contributed by atoms with Crippen LogP contribution in [0.1, 0.15) is 61.9 Å². The fourth-order valence-electron chi connectivity index (χ4n) is 2.78. The number of benzene rings is 1. The normalized spacial score (nSPS) is 18.5. The van der Waals surface area contributed by atoms with Crippen LogP contribution in [0.5, 0.6) is 0 Å². The Labute approximate surface area is 142 Å². The molecule has 4 heteroatoms. The van der Waals surface area contributed by atoms with E-state index in [1.54, 1.807) is 30.3 Å². The summed E-state index contributed by atoms with van der Waals surface area (Å²) in [6, 6.07) is 6.92. The molecule has 1 aromatic rings. The van der Waals surface area contributed by atoms with E-state index in [-0.39, 0.29) is 22.9 Å². The van der Waals surface area contributed by atoms with Crippen molar-refractivity contribution in [3.8, 4) is 0 Å². The van der Waals surface area contributed by atoms with Crippen molar-refractivity contribution < 1.29 is 19.1 Å². The molecule has 1 aliphatic rings. The number of hydrogen-bond acceptors (Lipinski definition) is 4. The SMILES string of the molecule is COC(=O)c1ccc(C2CC(=O)C(=CCC(C)(C)C)C(=O)C2)cc1. The number of methoxy groups -OCH3 is 1. The van der Waals surface area contributed by atoms with Crippen LogP contribution in [0.2, 0.25) is 0 Å². The van der Waals surface area contributed by atoms with Gasteiger partial charge >= 0.3 is 5.97 Å². The van der Waals surface area contributed by atoms with E-state index in [1.807, 2.05) is 0 Å². The molecule has 1 aromatic carbocycles. The van der Waals surface area contributed by atoms with Gasteiger partial charge in [-0.3, -0.25) is 9.59 Å². The van der Waals surface area contributed by atoms with Crippen molar-refractivity contribution >= 4 is 17.5 Å². The zero-order valence-electron chi connectivity index (χ0n) is 14.7. The van der Waals surface area contributed by atoms with Crippen molar-refractivity contribution in [2.75, 3.05) is 7.11 Å². The molecule has 0 aliphatic heterocycles. The lowest BCUT2D eigenvalue weighted by Crippen LogP contribution is -2.25. The Balaban J connectivity index is 2.13. The summed E-state index contributed by atoms with van der Waals surface area (Å²) < 4.78 is 4.67. The van der Waals surface area contributed by atoms with Gasteiger partial charge in [0.05, 0.1) is 18.2 Å². The van der Waals surface area contributed by atoms with Crippen molar-refractivity contribution in [2.45, 2.75) is 46.0 Å². The zero-order valence-corrected chi connectivity index (χ0v) is 14.7. The van der Waals surface area contributed by atoms with E-state index in [4.69, 9.17) is 0 Å². The summed E-state index contributed by atoms with van der Waals surface area (Å²) in [5.41, 5.74) is 1.76. The average Bonchev–Trinajstić information content (AvgIpc) is 2.52. The minimum atomic E-state index is -0.398. The molecule has 4 nitrogen and oxygen atoms in total. The third-order valence-corrected chi connectivity index (χ3v) is 4.19. The largest absolute Gasteiger partial charge is 0.465 e. The molecule has 0 N–H and O–H groups in total. The van der Waals surface area contributed by atoms with Gasteiger partial charge < -0.3 is 4.74 Å². The van der Waals surface area contributed by atoms with Gasteiger partial charge in [0.15, 0.2) is 11.6 Å². The van der Waals surface area contributed by atoms with E-state index >= 15 is 0 Å². The summed E-state index contributed by atoms with van der Waals surface area (Å²) in [5, 5.41) is 0. The average molecular weight is 328 g/mol. The Morgan fingerprint density at radius 3 is 2.12 bits per heavy atom. The number of Topliss-reactive ketones (excluding diaryl/α,β-unsaturated/α-hetero) is 2. The quantitative estimate of drug-likeness (QED) is 0.480. The molecular weight excluding hydrogens is 304 g/mol. The first kappa shape index (κ1) is 18.1. The Bertz CT molecular complexity index is 655. The second-order valence-electron chi connectivity index (χ2n) is 7.45. The van der Waals surface area contributed by atoms with Crippen LogP contribution in [0.3, 0.4) is 0 Å².